The summed E-state index contributed by atoms with van der Waals surface area (Å²) in [5.41, 5.74) is 12.9. The van der Waals surface area contributed by atoms with Crippen molar-refractivity contribution in [2.75, 3.05) is 0 Å². The summed E-state index contributed by atoms with van der Waals surface area (Å²) in [5.74, 6) is -1.04. The van der Waals surface area contributed by atoms with Gasteiger partial charge in [-0.05, 0) is 30.9 Å². The summed E-state index contributed by atoms with van der Waals surface area (Å²) in [5, 5.41) is 16.9. The molecule has 2 atom stereocenters. The van der Waals surface area contributed by atoms with Crippen molar-refractivity contribution in [2.45, 2.75) is 38.5 Å². The van der Waals surface area contributed by atoms with Crippen molar-refractivity contribution in [3.63, 3.8) is 0 Å². The Morgan fingerprint density at radius 3 is 2.25 bits per heavy atom. The van der Waals surface area contributed by atoms with Crippen molar-refractivity contribution in [1.29, 1.82) is 0 Å². The Morgan fingerprint density at radius 2 is 1.66 bits per heavy atom. The number of nitrogens with zero attached hydrogens (tertiary/aromatic N) is 1. The number of carbonyl (C=O) groups excluding carboxylic acids is 3. The number of ether oxygens (including phenoxy) is 1. The third kappa shape index (κ3) is 7.63. The average Bonchev–Trinajstić information content (AvgIpc) is 2.80. The fourth-order valence-electron chi connectivity index (χ4n) is 2.89. The lowest BCUT2D eigenvalue weighted by Gasteiger charge is -2.20. The van der Waals surface area contributed by atoms with Gasteiger partial charge in [-0.1, -0.05) is 59.8 Å². The zero-order valence-corrected chi connectivity index (χ0v) is 17.7. The van der Waals surface area contributed by atoms with Gasteiger partial charge < -0.3 is 32.0 Å². The summed E-state index contributed by atoms with van der Waals surface area (Å²) in [4.78, 5) is 36.1. The third-order valence-electron chi connectivity index (χ3n) is 4.67. The van der Waals surface area contributed by atoms with E-state index in [1.807, 2.05) is 30.3 Å². The summed E-state index contributed by atoms with van der Waals surface area (Å²) in [6.45, 7) is 1.73. The minimum Gasteiger partial charge on any atom is -0.436 e. The van der Waals surface area contributed by atoms with Crippen LogP contribution in [0.5, 0.6) is 0 Å². The van der Waals surface area contributed by atoms with Gasteiger partial charge in [-0.2, -0.15) is 0 Å². The number of amidine groups is 1. The summed E-state index contributed by atoms with van der Waals surface area (Å²) in [7, 11) is 0. The number of hydrogen-bond donors (Lipinski definition) is 5. The zero-order valence-electron chi connectivity index (χ0n) is 17.7. The number of oxime groups is 1. The Hall–Kier alpha value is -4.08. The molecule has 3 amide bonds. The second-order valence-corrected chi connectivity index (χ2v) is 7.08. The molecule has 0 aromatic heterocycles. The van der Waals surface area contributed by atoms with Gasteiger partial charge in [0.05, 0.1) is 0 Å². The van der Waals surface area contributed by atoms with Gasteiger partial charge in [0.25, 0.3) is 5.91 Å². The summed E-state index contributed by atoms with van der Waals surface area (Å²) >= 11 is 0. The Bertz CT molecular complexity index is 947. The van der Waals surface area contributed by atoms with Gasteiger partial charge in [0, 0.05) is 12.1 Å². The van der Waals surface area contributed by atoms with E-state index < -0.39 is 30.1 Å². The quantitative estimate of drug-likeness (QED) is 0.159. The normalized spacial score (nSPS) is 13.0. The van der Waals surface area contributed by atoms with Crippen LogP contribution in [-0.2, 0) is 27.3 Å². The number of rotatable bonds is 10. The van der Waals surface area contributed by atoms with E-state index in [-0.39, 0.29) is 18.8 Å². The van der Waals surface area contributed by atoms with Crippen LogP contribution in [-0.4, -0.2) is 41.1 Å². The molecule has 0 bridgehead atoms. The summed E-state index contributed by atoms with van der Waals surface area (Å²) < 4.78 is 4.94. The highest BCUT2D eigenvalue weighted by atomic mass is 16.6. The molecule has 0 heterocycles. The first-order chi connectivity index (χ1) is 15.3. The second-order valence-electron chi connectivity index (χ2n) is 7.08. The molecule has 0 radical (unpaired) electrons. The molecule has 0 saturated carbocycles. The molecule has 10 nitrogen and oxygen atoms in total. The van der Waals surface area contributed by atoms with Gasteiger partial charge in [-0.25, -0.2) is 4.79 Å². The average molecular weight is 441 g/mol. The Morgan fingerprint density at radius 1 is 1.00 bits per heavy atom. The van der Waals surface area contributed by atoms with Gasteiger partial charge in [-0.3, -0.25) is 9.59 Å². The molecule has 2 aromatic carbocycles. The maximum atomic E-state index is 12.6. The van der Waals surface area contributed by atoms with E-state index >= 15 is 0 Å². The molecule has 0 aliphatic rings. The van der Waals surface area contributed by atoms with Crippen LogP contribution in [0.4, 0.5) is 4.79 Å². The fourth-order valence-corrected chi connectivity index (χ4v) is 2.89. The highest BCUT2D eigenvalue weighted by Gasteiger charge is 2.25. The van der Waals surface area contributed by atoms with E-state index in [2.05, 4.69) is 15.8 Å². The molecule has 10 heteroatoms. The van der Waals surface area contributed by atoms with Crippen LogP contribution in [0.2, 0.25) is 0 Å². The van der Waals surface area contributed by atoms with Crippen molar-refractivity contribution in [2.24, 2.45) is 16.6 Å². The minimum atomic E-state index is -1.12. The van der Waals surface area contributed by atoms with Gasteiger partial charge in [0.1, 0.15) is 6.04 Å². The van der Waals surface area contributed by atoms with Crippen molar-refractivity contribution in [3.8, 4) is 0 Å². The Labute approximate surface area is 185 Å². The molecule has 0 aliphatic heterocycles. The van der Waals surface area contributed by atoms with Gasteiger partial charge >= 0.3 is 6.09 Å². The predicted octanol–water partition coefficient (Wildman–Crippen LogP) is 0.999. The molecule has 0 aliphatic carbocycles. The molecule has 2 unspecified atom stereocenters. The van der Waals surface area contributed by atoms with Crippen LogP contribution in [0.15, 0.2) is 59.8 Å². The van der Waals surface area contributed by atoms with E-state index in [1.165, 1.54) is 6.92 Å². The van der Waals surface area contributed by atoms with Crippen molar-refractivity contribution >= 4 is 23.7 Å². The molecule has 0 spiro atoms. The number of primary amides is 1. The molecule has 2 aromatic rings. The number of carbonyl (C=O) groups is 3. The highest BCUT2D eigenvalue weighted by Crippen LogP contribution is 2.09. The zero-order chi connectivity index (χ0) is 23.5. The maximum absolute atomic E-state index is 12.6. The smallest absolute Gasteiger partial charge is 0.405 e. The maximum Gasteiger partial charge on any atom is 0.405 e. The summed E-state index contributed by atoms with van der Waals surface area (Å²) in [6.07, 6.45) is -1.46. The largest absolute Gasteiger partial charge is 0.436 e. The van der Waals surface area contributed by atoms with E-state index in [4.69, 9.17) is 21.4 Å². The molecule has 0 saturated heterocycles. The lowest BCUT2D eigenvalue weighted by molar-refractivity contribution is -0.134. The lowest BCUT2D eigenvalue weighted by Crippen LogP contribution is -2.49. The number of amides is 3. The third-order valence-corrected chi connectivity index (χ3v) is 4.67. The highest BCUT2D eigenvalue weighted by molar-refractivity contribution is 5.97. The van der Waals surface area contributed by atoms with Gasteiger partial charge in [0.2, 0.25) is 5.91 Å². The van der Waals surface area contributed by atoms with Crippen molar-refractivity contribution in [1.82, 2.24) is 10.6 Å². The number of benzene rings is 2. The molecular formula is C22H27N5O5. The monoisotopic (exact) mass is 441 g/mol. The first-order valence-corrected chi connectivity index (χ1v) is 9.95. The first kappa shape index (κ1) is 24.2. The minimum absolute atomic E-state index is 0.0167. The van der Waals surface area contributed by atoms with Crippen molar-refractivity contribution in [3.05, 3.63) is 71.3 Å². The SMILES string of the molecule is CC(NC(=O)C(CCc1ccccc1)OC(N)=O)C(=O)NCc1ccc(C(N)=NO)cc1. The van der Waals surface area contributed by atoms with Crippen LogP contribution in [0.1, 0.15) is 30.0 Å². The standard InChI is InChI=1S/C22H27N5O5/c1-14(20(28)25-13-16-7-10-17(11-8-16)19(23)27-31)26-21(29)18(32-22(24)30)12-9-15-5-3-2-4-6-15/h2-8,10-11,14,18,31H,9,12-13H2,1H3,(H2,23,27)(H2,24,30)(H,25,28)(H,26,29). The lowest BCUT2D eigenvalue weighted by atomic mass is 10.1. The van der Waals surface area contributed by atoms with Crippen LogP contribution in [0.25, 0.3) is 0 Å². The molecular weight excluding hydrogens is 414 g/mol. The fraction of sp³-hybridized carbons (Fsp3) is 0.273. The molecule has 32 heavy (non-hydrogen) atoms. The molecule has 170 valence electrons. The van der Waals surface area contributed by atoms with Gasteiger partial charge in [0.15, 0.2) is 11.9 Å². The second kappa shape index (κ2) is 11.9. The Kier molecular flexibility index (Phi) is 9.03. The predicted molar refractivity (Wildman–Crippen MR) is 118 cm³/mol. The summed E-state index contributed by atoms with van der Waals surface area (Å²) in [6, 6.07) is 15.3. The number of nitrogens with one attached hydrogen (secondary N) is 2. The van der Waals surface area contributed by atoms with Gasteiger partial charge in [-0.15, -0.1) is 0 Å². The molecule has 7 N–H and O–H groups in total. The van der Waals surface area contributed by atoms with Crippen LogP contribution in [0, 0.1) is 0 Å². The number of nitrogens with two attached hydrogens (primary N) is 2. The van der Waals surface area contributed by atoms with Crippen LogP contribution < -0.4 is 22.1 Å². The van der Waals surface area contributed by atoms with E-state index in [9.17, 15) is 14.4 Å². The molecule has 2 rings (SSSR count). The van der Waals surface area contributed by atoms with Crippen LogP contribution in [0.3, 0.4) is 0 Å². The Balaban J connectivity index is 1.88. The van der Waals surface area contributed by atoms with E-state index in [1.54, 1.807) is 24.3 Å². The van der Waals surface area contributed by atoms with Crippen molar-refractivity contribution < 1.29 is 24.3 Å². The first-order valence-electron chi connectivity index (χ1n) is 9.95. The number of hydrogen-bond acceptors (Lipinski definition) is 6. The number of aryl methyl sites for hydroxylation is 1. The topological polar surface area (TPSA) is 169 Å². The molecule has 0 fully saturated rings. The van der Waals surface area contributed by atoms with Crippen LogP contribution >= 0.6 is 0 Å². The van der Waals surface area contributed by atoms with E-state index in [0.717, 1.165) is 11.1 Å². The van der Waals surface area contributed by atoms with E-state index in [0.29, 0.717) is 12.0 Å².